The molecule has 0 aliphatic carbocycles. The fourth-order valence-electron chi connectivity index (χ4n) is 3.79. The van der Waals surface area contributed by atoms with Crippen molar-refractivity contribution < 1.29 is 23.8 Å². The van der Waals surface area contributed by atoms with Gasteiger partial charge in [-0.2, -0.15) is 0 Å². The summed E-state index contributed by atoms with van der Waals surface area (Å²) in [6.07, 6.45) is 0.482. The third-order valence-electron chi connectivity index (χ3n) is 5.30. The number of ether oxygens (including phenoxy) is 3. The second kappa shape index (κ2) is 9.94. The van der Waals surface area contributed by atoms with Crippen LogP contribution in [0, 0.1) is 0 Å². The van der Waals surface area contributed by atoms with Crippen LogP contribution in [0.25, 0.3) is 0 Å². The number of alkyl carbamates (subject to hydrolysis) is 1. The van der Waals surface area contributed by atoms with Gasteiger partial charge in [0, 0.05) is 19.5 Å². The second-order valence-electron chi connectivity index (χ2n) is 8.87. The molecule has 1 N–H and O–H groups in total. The Hall–Kier alpha value is -3.22. The lowest BCUT2D eigenvalue weighted by molar-refractivity contribution is -0.134. The van der Waals surface area contributed by atoms with Crippen molar-refractivity contribution in [1.29, 1.82) is 0 Å². The number of benzene rings is 2. The Bertz CT molecular complexity index is 953. The molecular weight excluding hydrogens is 408 g/mol. The Morgan fingerprint density at radius 2 is 1.66 bits per heavy atom. The molecule has 7 heteroatoms. The van der Waals surface area contributed by atoms with Crippen molar-refractivity contribution in [3.63, 3.8) is 0 Å². The zero-order valence-corrected chi connectivity index (χ0v) is 19.4. The minimum Gasteiger partial charge on any atom is -0.493 e. The van der Waals surface area contributed by atoms with E-state index in [9.17, 15) is 9.59 Å². The van der Waals surface area contributed by atoms with Gasteiger partial charge in [0.25, 0.3) is 0 Å². The summed E-state index contributed by atoms with van der Waals surface area (Å²) in [6.45, 7) is 6.38. The SMILES string of the molecule is COc1cc2c(cc1OC)CN(C(=O)C(Cc1ccccc1)NC(=O)OC(C)(C)C)CC2. The molecule has 2 aromatic carbocycles. The summed E-state index contributed by atoms with van der Waals surface area (Å²) >= 11 is 0. The molecule has 172 valence electrons. The van der Waals surface area contributed by atoms with E-state index in [4.69, 9.17) is 14.2 Å². The predicted octanol–water partition coefficient (Wildman–Crippen LogP) is 3.72. The predicted molar refractivity (Wildman–Crippen MR) is 122 cm³/mol. The molecule has 2 aromatic rings. The fourth-order valence-corrected chi connectivity index (χ4v) is 3.79. The summed E-state index contributed by atoms with van der Waals surface area (Å²) in [5, 5.41) is 2.79. The first-order valence-electron chi connectivity index (χ1n) is 10.8. The zero-order valence-electron chi connectivity index (χ0n) is 19.4. The molecule has 2 amide bonds. The number of carbonyl (C=O) groups excluding carboxylic acids is 2. The van der Waals surface area contributed by atoms with Crippen molar-refractivity contribution in [3.8, 4) is 11.5 Å². The molecule has 0 fully saturated rings. The van der Waals surface area contributed by atoms with Gasteiger partial charge in [0.1, 0.15) is 11.6 Å². The van der Waals surface area contributed by atoms with E-state index in [0.29, 0.717) is 37.4 Å². The molecule has 0 radical (unpaired) electrons. The van der Waals surface area contributed by atoms with Gasteiger partial charge in [0.05, 0.1) is 14.2 Å². The molecule has 1 heterocycles. The minimum atomic E-state index is -0.728. The van der Waals surface area contributed by atoms with Crippen molar-refractivity contribution >= 4 is 12.0 Å². The van der Waals surface area contributed by atoms with Crippen LogP contribution in [0.15, 0.2) is 42.5 Å². The monoisotopic (exact) mass is 440 g/mol. The van der Waals surface area contributed by atoms with Gasteiger partial charge in [0.2, 0.25) is 5.91 Å². The van der Waals surface area contributed by atoms with E-state index in [1.165, 1.54) is 0 Å². The first-order valence-corrected chi connectivity index (χ1v) is 10.8. The van der Waals surface area contributed by atoms with E-state index in [0.717, 1.165) is 16.7 Å². The van der Waals surface area contributed by atoms with E-state index >= 15 is 0 Å². The normalized spacial score (nSPS) is 14.2. The molecule has 1 aliphatic heterocycles. The minimum absolute atomic E-state index is 0.139. The van der Waals surface area contributed by atoms with E-state index in [-0.39, 0.29) is 5.91 Å². The highest BCUT2D eigenvalue weighted by Crippen LogP contribution is 2.33. The maximum Gasteiger partial charge on any atom is 0.408 e. The highest BCUT2D eigenvalue weighted by Gasteiger charge is 2.31. The molecule has 0 bridgehead atoms. The lowest BCUT2D eigenvalue weighted by atomic mass is 9.97. The van der Waals surface area contributed by atoms with Crippen molar-refractivity contribution in [3.05, 3.63) is 59.2 Å². The van der Waals surface area contributed by atoms with Gasteiger partial charge >= 0.3 is 6.09 Å². The van der Waals surface area contributed by atoms with Gasteiger partial charge in [-0.25, -0.2) is 4.79 Å². The standard InChI is InChI=1S/C25H32N2O5/c1-25(2,3)32-24(29)26-20(13-17-9-7-6-8-10-17)23(28)27-12-11-18-14-21(30-4)22(31-5)15-19(18)16-27/h6-10,14-15,20H,11-13,16H2,1-5H3,(H,26,29). The third-order valence-corrected chi connectivity index (χ3v) is 5.30. The molecule has 32 heavy (non-hydrogen) atoms. The number of fused-ring (bicyclic) bond motifs is 1. The first-order chi connectivity index (χ1) is 15.2. The van der Waals surface area contributed by atoms with Crippen LogP contribution in [0.5, 0.6) is 11.5 Å². The van der Waals surface area contributed by atoms with E-state index in [2.05, 4.69) is 5.32 Å². The van der Waals surface area contributed by atoms with Gasteiger partial charge in [-0.3, -0.25) is 4.79 Å². The molecule has 3 rings (SSSR count). The number of hydrogen-bond acceptors (Lipinski definition) is 5. The molecule has 0 saturated heterocycles. The molecule has 0 saturated carbocycles. The quantitative estimate of drug-likeness (QED) is 0.741. The van der Waals surface area contributed by atoms with Crippen molar-refractivity contribution in [1.82, 2.24) is 10.2 Å². The summed E-state index contributed by atoms with van der Waals surface area (Å²) in [5.41, 5.74) is 2.46. The lowest BCUT2D eigenvalue weighted by Gasteiger charge is -2.33. The number of nitrogens with one attached hydrogen (secondary N) is 1. The van der Waals surface area contributed by atoms with Gasteiger partial charge in [-0.05, 0) is 56.0 Å². The van der Waals surface area contributed by atoms with Crippen LogP contribution in [-0.4, -0.2) is 49.3 Å². The zero-order chi connectivity index (χ0) is 23.3. The van der Waals surface area contributed by atoms with Crippen LogP contribution in [0.2, 0.25) is 0 Å². The maximum absolute atomic E-state index is 13.5. The summed E-state index contributed by atoms with van der Waals surface area (Å²) in [5.74, 6) is 1.17. The summed E-state index contributed by atoms with van der Waals surface area (Å²) < 4.78 is 16.2. The summed E-state index contributed by atoms with van der Waals surface area (Å²) in [7, 11) is 3.20. The van der Waals surface area contributed by atoms with Crippen LogP contribution >= 0.6 is 0 Å². The maximum atomic E-state index is 13.5. The average Bonchev–Trinajstić information content (AvgIpc) is 2.76. The van der Waals surface area contributed by atoms with E-state index < -0.39 is 17.7 Å². The van der Waals surface area contributed by atoms with Gasteiger partial charge in [0.15, 0.2) is 11.5 Å². The highest BCUT2D eigenvalue weighted by molar-refractivity contribution is 5.86. The van der Waals surface area contributed by atoms with Crippen LogP contribution in [0.4, 0.5) is 4.79 Å². The third kappa shape index (κ3) is 5.93. The second-order valence-corrected chi connectivity index (χ2v) is 8.87. The number of carbonyl (C=O) groups is 2. The van der Waals surface area contributed by atoms with Crippen LogP contribution in [-0.2, 0) is 28.9 Å². The van der Waals surface area contributed by atoms with Crippen molar-refractivity contribution in [2.45, 2.75) is 51.8 Å². The Kier molecular flexibility index (Phi) is 7.28. The van der Waals surface area contributed by atoms with Gasteiger partial charge in [-0.1, -0.05) is 30.3 Å². The van der Waals surface area contributed by atoms with Gasteiger partial charge < -0.3 is 24.4 Å². The number of nitrogens with zero attached hydrogens (tertiary/aromatic N) is 1. The molecule has 1 aliphatic rings. The van der Waals surface area contributed by atoms with Crippen molar-refractivity contribution in [2.75, 3.05) is 20.8 Å². The number of amides is 2. The molecule has 1 atom stereocenters. The Morgan fingerprint density at radius 3 is 2.25 bits per heavy atom. The fraction of sp³-hybridized carbons (Fsp3) is 0.440. The Morgan fingerprint density at radius 1 is 1.03 bits per heavy atom. The number of methoxy groups -OCH3 is 2. The summed E-state index contributed by atoms with van der Waals surface area (Å²) in [4.78, 5) is 27.7. The molecule has 7 nitrogen and oxygen atoms in total. The highest BCUT2D eigenvalue weighted by atomic mass is 16.6. The summed E-state index contributed by atoms with van der Waals surface area (Å²) in [6, 6.07) is 12.8. The van der Waals surface area contributed by atoms with Crippen molar-refractivity contribution in [2.24, 2.45) is 0 Å². The Balaban J connectivity index is 1.80. The average molecular weight is 441 g/mol. The molecule has 0 spiro atoms. The van der Waals surface area contributed by atoms with Gasteiger partial charge in [-0.15, -0.1) is 0 Å². The lowest BCUT2D eigenvalue weighted by Crippen LogP contribution is -2.51. The molecule has 1 unspecified atom stereocenters. The first kappa shape index (κ1) is 23.4. The van der Waals surface area contributed by atoms with Crippen LogP contribution in [0.1, 0.15) is 37.5 Å². The van der Waals surface area contributed by atoms with Crippen LogP contribution in [0.3, 0.4) is 0 Å². The topological polar surface area (TPSA) is 77.1 Å². The Labute approximate surface area is 189 Å². The smallest absolute Gasteiger partial charge is 0.408 e. The largest absolute Gasteiger partial charge is 0.493 e. The molecule has 0 aromatic heterocycles. The molecular formula is C25H32N2O5. The van der Waals surface area contributed by atoms with E-state index in [1.807, 2.05) is 42.5 Å². The number of rotatable bonds is 6. The van der Waals surface area contributed by atoms with Crippen LogP contribution < -0.4 is 14.8 Å². The number of hydrogen-bond donors (Lipinski definition) is 1. The van der Waals surface area contributed by atoms with E-state index in [1.54, 1.807) is 39.9 Å².